The highest BCUT2D eigenvalue weighted by molar-refractivity contribution is 5.43. The predicted molar refractivity (Wildman–Crippen MR) is 64.5 cm³/mol. The van der Waals surface area contributed by atoms with E-state index in [1.165, 1.54) is 13.2 Å². The normalized spacial score (nSPS) is 11.9. The van der Waals surface area contributed by atoms with E-state index in [-0.39, 0.29) is 5.75 Å². The zero-order valence-corrected chi connectivity index (χ0v) is 10.8. The molecule has 0 bridgehead atoms. The first kappa shape index (κ1) is 14.8. The fraction of sp³-hybridized carbons (Fsp3) is 0.538. The summed E-state index contributed by atoms with van der Waals surface area (Å²) in [6.07, 6.45) is -4.39. The summed E-state index contributed by atoms with van der Waals surface area (Å²) < 4.78 is 43.2. The van der Waals surface area contributed by atoms with Crippen LogP contribution in [0.15, 0.2) is 18.2 Å². The maximum Gasteiger partial charge on any atom is 0.419 e. The average Bonchev–Trinajstić information content (AvgIpc) is 2.27. The van der Waals surface area contributed by atoms with Crippen LogP contribution in [-0.4, -0.2) is 13.7 Å². The van der Waals surface area contributed by atoms with Crippen molar-refractivity contribution in [1.29, 1.82) is 0 Å². The third kappa shape index (κ3) is 3.91. The molecule has 0 aliphatic heterocycles. The molecule has 18 heavy (non-hydrogen) atoms. The molecule has 0 aliphatic rings. The minimum absolute atomic E-state index is 0.0961. The van der Waals surface area contributed by atoms with E-state index in [4.69, 9.17) is 4.74 Å². The van der Waals surface area contributed by atoms with E-state index >= 15 is 0 Å². The largest absolute Gasteiger partial charge is 0.496 e. The summed E-state index contributed by atoms with van der Waals surface area (Å²) in [5.41, 5.74) is -0.207. The molecule has 0 atom stereocenters. The molecule has 0 saturated carbocycles. The van der Waals surface area contributed by atoms with Crippen molar-refractivity contribution >= 4 is 0 Å². The number of hydrogen-bond acceptors (Lipinski definition) is 2. The number of methoxy groups -OCH3 is 1. The summed E-state index contributed by atoms with van der Waals surface area (Å²) in [6.45, 7) is 5.19. The Labute approximate surface area is 105 Å². The Hall–Kier alpha value is -1.23. The van der Waals surface area contributed by atoms with Gasteiger partial charge in [-0.25, -0.2) is 0 Å². The first-order valence-electron chi connectivity index (χ1n) is 5.80. The van der Waals surface area contributed by atoms with Crippen molar-refractivity contribution in [1.82, 2.24) is 5.32 Å². The Kier molecular flexibility index (Phi) is 5.02. The van der Waals surface area contributed by atoms with Crippen molar-refractivity contribution < 1.29 is 17.9 Å². The SMILES string of the molecule is COc1c(CNCC(C)C)cccc1C(F)(F)F. The Morgan fingerprint density at radius 1 is 1.28 bits per heavy atom. The number of hydrogen-bond donors (Lipinski definition) is 1. The number of benzene rings is 1. The molecular weight excluding hydrogens is 243 g/mol. The van der Waals surface area contributed by atoms with Crippen molar-refractivity contribution in [3.05, 3.63) is 29.3 Å². The van der Waals surface area contributed by atoms with Crippen LogP contribution in [0.3, 0.4) is 0 Å². The van der Waals surface area contributed by atoms with Gasteiger partial charge in [-0.15, -0.1) is 0 Å². The van der Waals surface area contributed by atoms with Crippen LogP contribution in [0.25, 0.3) is 0 Å². The lowest BCUT2D eigenvalue weighted by molar-refractivity contribution is -0.138. The van der Waals surface area contributed by atoms with Crippen LogP contribution in [0.2, 0.25) is 0 Å². The Bertz CT molecular complexity index is 388. The van der Waals surface area contributed by atoms with Gasteiger partial charge in [0.15, 0.2) is 0 Å². The van der Waals surface area contributed by atoms with Crippen molar-refractivity contribution in [3.8, 4) is 5.75 Å². The lowest BCUT2D eigenvalue weighted by Gasteiger charge is -2.16. The summed E-state index contributed by atoms with van der Waals surface area (Å²) in [4.78, 5) is 0. The minimum atomic E-state index is -4.39. The monoisotopic (exact) mass is 261 g/mol. The van der Waals surface area contributed by atoms with Gasteiger partial charge in [-0.05, 0) is 18.5 Å². The van der Waals surface area contributed by atoms with E-state index in [2.05, 4.69) is 5.32 Å². The van der Waals surface area contributed by atoms with Crippen LogP contribution in [0.5, 0.6) is 5.75 Å². The van der Waals surface area contributed by atoms with Crippen LogP contribution in [0, 0.1) is 5.92 Å². The van der Waals surface area contributed by atoms with Crippen LogP contribution in [0.4, 0.5) is 13.2 Å². The number of para-hydroxylation sites is 1. The molecule has 0 heterocycles. The molecule has 0 saturated heterocycles. The molecule has 0 spiro atoms. The van der Waals surface area contributed by atoms with E-state index < -0.39 is 11.7 Å². The van der Waals surface area contributed by atoms with Gasteiger partial charge in [0.25, 0.3) is 0 Å². The Morgan fingerprint density at radius 2 is 1.94 bits per heavy atom. The Balaban J connectivity index is 2.91. The molecule has 0 amide bonds. The average molecular weight is 261 g/mol. The summed E-state index contributed by atoms with van der Waals surface area (Å²) in [6, 6.07) is 4.07. The lowest BCUT2D eigenvalue weighted by Crippen LogP contribution is -2.20. The van der Waals surface area contributed by atoms with Gasteiger partial charge in [-0.1, -0.05) is 26.0 Å². The molecule has 1 rings (SSSR count). The standard InChI is InChI=1S/C13H18F3NO/c1-9(2)7-17-8-10-5-4-6-11(12(10)18-3)13(14,15)16/h4-6,9,17H,7-8H2,1-3H3. The van der Waals surface area contributed by atoms with E-state index in [0.29, 0.717) is 18.0 Å². The highest BCUT2D eigenvalue weighted by atomic mass is 19.4. The minimum Gasteiger partial charge on any atom is -0.496 e. The van der Waals surface area contributed by atoms with E-state index in [9.17, 15) is 13.2 Å². The van der Waals surface area contributed by atoms with Gasteiger partial charge in [0, 0.05) is 12.1 Å². The van der Waals surface area contributed by atoms with Gasteiger partial charge in [-0.2, -0.15) is 13.2 Å². The molecule has 102 valence electrons. The number of rotatable bonds is 5. The van der Waals surface area contributed by atoms with Gasteiger partial charge in [0.2, 0.25) is 0 Å². The fourth-order valence-electron chi connectivity index (χ4n) is 1.68. The van der Waals surface area contributed by atoms with Gasteiger partial charge in [0.1, 0.15) is 5.75 Å². The number of halogens is 3. The van der Waals surface area contributed by atoms with Crippen molar-refractivity contribution in [3.63, 3.8) is 0 Å². The maximum absolute atomic E-state index is 12.8. The molecule has 0 aromatic heterocycles. The highest BCUT2D eigenvalue weighted by Gasteiger charge is 2.34. The first-order valence-corrected chi connectivity index (χ1v) is 5.80. The van der Waals surface area contributed by atoms with Crippen molar-refractivity contribution in [2.45, 2.75) is 26.6 Å². The lowest BCUT2D eigenvalue weighted by atomic mass is 10.1. The molecule has 1 N–H and O–H groups in total. The second-order valence-electron chi connectivity index (χ2n) is 4.52. The van der Waals surface area contributed by atoms with E-state index in [1.807, 2.05) is 13.8 Å². The van der Waals surface area contributed by atoms with E-state index in [0.717, 1.165) is 12.6 Å². The van der Waals surface area contributed by atoms with Crippen LogP contribution < -0.4 is 10.1 Å². The molecule has 0 fully saturated rings. The fourth-order valence-corrected chi connectivity index (χ4v) is 1.68. The van der Waals surface area contributed by atoms with Crippen LogP contribution in [-0.2, 0) is 12.7 Å². The zero-order valence-electron chi connectivity index (χ0n) is 10.8. The molecule has 2 nitrogen and oxygen atoms in total. The molecule has 0 unspecified atom stereocenters. The molecule has 1 aromatic carbocycles. The summed E-state index contributed by atoms with van der Waals surface area (Å²) in [5.74, 6) is 0.350. The summed E-state index contributed by atoms with van der Waals surface area (Å²) in [7, 11) is 1.26. The molecular formula is C13H18F3NO. The number of nitrogens with one attached hydrogen (secondary N) is 1. The van der Waals surface area contributed by atoms with Gasteiger partial charge >= 0.3 is 6.18 Å². The molecule has 5 heteroatoms. The second-order valence-corrected chi connectivity index (χ2v) is 4.52. The van der Waals surface area contributed by atoms with Crippen molar-refractivity contribution in [2.24, 2.45) is 5.92 Å². The smallest absolute Gasteiger partial charge is 0.419 e. The first-order chi connectivity index (χ1) is 8.36. The third-order valence-corrected chi connectivity index (χ3v) is 2.47. The number of ether oxygens (including phenoxy) is 1. The van der Waals surface area contributed by atoms with Gasteiger partial charge < -0.3 is 10.1 Å². The van der Waals surface area contributed by atoms with Crippen LogP contribution in [0.1, 0.15) is 25.0 Å². The molecule has 0 radical (unpaired) electrons. The predicted octanol–water partition coefficient (Wildman–Crippen LogP) is 3.46. The third-order valence-electron chi connectivity index (χ3n) is 2.47. The topological polar surface area (TPSA) is 21.3 Å². The summed E-state index contributed by atoms with van der Waals surface area (Å²) >= 11 is 0. The highest BCUT2D eigenvalue weighted by Crippen LogP contribution is 2.37. The van der Waals surface area contributed by atoms with Crippen molar-refractivity contribution in [2.75, 3.05) is 13.7 Å². The zero-order chi connectivity index (χ0) is 13.8. The molecule has 1 aromatic rings. The quantitative estimate of drug-likeness (QED) is 0.876. The molecule has 0 aliphatic carbocycles. The number of alkyl halides is 3. The maximum atomic E-state index is 12.8. The van der Waals surface area contributed by atoms with E-state index in [1.54, 1.807) is 6.07 Å². The Morgan fingerprint density at radius 3 is 2.44 bits per heavy atom. The van der Waals surface area contributed by atoms with Crippen LogP contribution >= 0.6 is 0 Å². The summed E-state index contributed by atoms with van der Waals surface area (Å²) in [5, 5.41) is 3.11. The van der Waals surface area contributed by atoms with Gasteiger partial charge in [-0.3, -0.25) is 0 Å². The van der Waals surface area contributed by atoms with Gasteiger partial charge in [0.05, 0.1) is 12.7 Å². The second kappa shape index (κ2) is 6.09.